The van der Waals surface area contributed by atoms with Crippen LogP contribution in [0.1, 0.15) is 47.5 Å². The van der Waals surface area contributed by atoms with Crippen molar-refractivity contribution < 1.29 is 4.74 Å². The Morgan fingerprint density at radius 2 is 1.87 bits per heavy atom. The van der Waals surface area contributed by atoms with Crippen LogP contribution in [0.15, 0.2) is 0 Å². The van der Waals surface area contributed by atoms with E-state index in [1.807, 2.05) is 0 Å². The quantitative estimate of drug-likeness (QED) is 0.775. The third-order valence-electron chi connectivity index (χ3n) is 2.87. The second-order valence-corrected chi connectivity index (χ2v) is 6.73. The number of rotatable bonds is 4. The van der Waals surface area contributed by atoms with E-state index in [-0.39, 0.29) is 5.54 Å². The number of ether oxygens (including phenoxy) is 1. The molecule has 15 heavy (non-hydrogen) atoms. The average Bonchev–Trinajstić information content (AvgIpc) is 2.47. The van der Waals surface area contributed by atoms with Gasteiger partial charge in [0.1, 0.15) is 0 Å². The maximum absolute atomic E-state index is 5.38. The highest BCUT2D eigenvalue weighted by Gasteiger charge is 2.26. The van der Waals surface area contributed by atoms with Gasteiger partial charge in [0.2, 0.25) is 0 Å². The molecule has 2 heteroatoms. The Morgan fingerprint density at radius 1 is 1.20 bits per heavy atom. The summed E-state index contributed by atoms with van der Waals surface area (Å²) >= 11 is 0. The monoisotopic (exact) mass is 213 g/mol. The molecule has 0 spiro atoms. The normalized spacial score (nSPS) is 23.4. The van der Waals surface area contributed by atoms with Crippen molar-refractivity contribution in [3.05, 3.63) is 0 Å². The fourth-order valence-corrected chi connectivity index (χ4v) is 2.55. The van der Waals surface area contributed by atoms with Crippen molar-refractivity contribution in [2.24, 2.45) is 11.3 Å². The lowest BCUT2D eigenvalue weighted by atomic mass is 9.81. The minimum Gasteiger partial charge on any atom is -0.381 e. The van der Waals surface area contributed by atoms with Gasteiger partial charge in [-0.2, -0.15) is 0 Å². The van der Waals surface area contributed by atoms with Crippen molar-refractivity contribution >= 4 is 0 Å². The van der Waals surface area contributed by atoms with Gasteiger partial charge in [-0.25, -0.2) is 0 Å². The Bertz CT molecular complexity index is 187. The molecule has 1 aliphatic rings. The van der Waals surface area contributed by atoms with Gasteiger partial charge in [-0.1, -0.05) is 20.8 Å². The second-order valence-electron chi connectivity index (χ2n) is 6.73. The van der Waals surface area contributed by atoms with Crippen LogP contribution in [0, 0.1) is 11.3 Å². The van der Waals surface area contributed by atoms with Crippen LogP contribution in [-0.2, 0) is 4.74 Å². The standard InChI is InChI=1S/C13H27NO/c1-12(2,3)10-13(4,5)14-8-11-6-7-15-9-11/h11,14H,6-10H2,1-5H3. The summed E-state index contributed by atoms with van der Waals surface area (Å²) in [4.78, 5) is 0. The van der Waals surface area contributed by atoms with E-state index in [0.717, 1.165) is 25.7 Å². The molecule has 0 aliphatic carbocycles. The minimum absolute atomic E-state index is 0.237. The van der Waals surface area contributed by atoms with E-state index in [1.54, 1.807) is 0 Å². The molecule has 1 aliphatic heterocycles. The first-order valence-electron chi connectivity index (χ1n) is 6.11. The van der Waals surface area contributed by atoms with Gasteiger partial charge in [-0.15, -0.1) is 0 Å². The Kier molecular flexibility index (Phi) is 4.19. The second kappa shape index (κ2) is 4.84. The van der Waals surface area contributed by atoms with Crippen LogP contribution in [-0.4, -0.2) is 25.3 Å². The Hall–Kier alpha value is -0.0800. The highest BCUT2D eigenvalue weighted by atomic mass is 16.5. The van der Waals surface area contributed by atoms with Crippen molar-refractivity contribution in [2.45, 2.75) is 53.0 Å². The third-order valence-corrected chi connectivity index (χ3v) is 2.87. The number of hydrogen-bond acceptors (Lipinski definition) is 2. The van der Waals surface area contributed by atoms with Gasteiger partial charge in [-0.3, -0.25) is 0 Å². The third kappa shape index (κ3) is 5.53. The fourth-order valence-electron chi connectivity index (χ4n) is 2.55. The molecule has 1 unspecified atom stereocenters. The molecule has 2 nitrogen and oxygen atoms in total. The number of hydrogen-bond donors (Lipinski definition) is 1. The van der Waals surface area contributed by atoms with Gasteiger partial charge in [0.05, 0.1) is 6.61 Å². The summed E-state index contributed by atoms with van der Waals surface area (Å²) in [6.45, 7) is 14.5. The van der Waals surface area contributed by atoms with Crippen molar-refractivity contribution in [2.75, 3.05) is 19.8 Å². The van der Waals surface area contributed by atoms with Gasteiger partial charge in [-0.05, 0) is 38.0 Å². The highest BCUT2D eigenvalue weighted by Crippen LogP contribution is 2.27. The van der Waals surface area contributed by atoms with E-state index in [9.17, 15) is 0 Å². The van der Waals surface area contributed by atoms with E-state index in [2.05, 4.69) is 39.9 Å². The average molecular weight is 213 g/mol. The molecule has 1 heterocycles. The zero-order chi connectivity index (χ0) is 11.5. The summed E-state index contributed by atoms with van der Waals surface area (Å²) in [5.74, 6) is 0.726. The summed E-state index contributed by atoms with van der Waals surface area (Å²) in [5, 5.41) is 3.68. The zero-order valence-corrected chi connectivity index (χ0v) is 11.0. The predicted molar refractivity (Wildman–Crippen MR) is 65.1 cm³/mol. The van der Waals surface area contributed by atoms with E-state index >= 15 is 0 Å². The first kappa shape index (κ1) is 13.0. The van der Waals surface area contributed by atoms with Crippen LogP contribution < -0.4 is 5.32 Å². The summed E-state index contributed by atoms with van der Waals surface area (Å²) in [7, 11) is 0. The summed E-state index contributed by atoms with van der Waals surface area (Å²) < 4.78 is 5.38. The van der Waals surface area contributed by atoms with Crippen molar-refractivity contribution in [1.82, 2.24) is 5.32 Å². The van der Waals surface area contributed by atoms with Crippen LogP contribution in [0.4, 0.5) is 0 Å². The van der Waals surface area contributed by atoms with Gasteiger partial charge in [0.15, 0.2) is 0 Å². The maximum Gasteiger partial charge on any atom is 0.0507 e. The predicted octanol–water partition coefficient (Wildman–Crippen LogP) is 2.83. The molecule has 1 rings (SSSR count). The lowest BCUT2D eigenvalue weighted by Gasteiger charge is -2.34. The molecule has 1 atom stereocenters. The molecule has 0 bridgehead atoms. The first-order chi connectivity index (χ1) is 6.79. The molecule has 0 radical (unpaired) electrons. The van der Waals surface area contributed by atoms with Crippen LogP contribution in [0.25, 0.3) is 0 Å². The van der Waals surface area contributed by atoms with E-state index in [4.69, 9.17) is 4.74 Å². The van der Waals surface area contributed by atoms with Crippen LogP contribution >= 0.6 is 0 Å². The summed E-state index contributed by atoms with van der Waals surface area (Å²) in [6.07, 6.45) is 2.42. The van der Waals surface area contributed by atoms with E-state index < -0.39 is 0 Å². The molecule has 0 aromatic heterocycles. The van der Waals surface area contributed by atoms with Crippen molar-refractivity contribution in [3.8, 4) is 0 Å². The maximum atomic E-state index is 5.38. The fraction of sp³-hybridized carbons (Fsp3) is 1.00. The molecule has 1 fully saturated rings. The van der Waals surface area contributed by atoms with Gasteiger partial charge in [0, 0.05) is 18.7 Å². The first-order valence-corrected chi connectivity index (χ1v) is 6.11. The zero-order valence-electron chi connectivity index (χ0n) is 11.0. The van der Waals surface area contributed by atoms with E-state index in [1.165, 1.54) is 12.8 Å². The molecule has 0 aromatic rings. The summed E-state index contributed by atoms with van der Waals surface area (Å²) in [6, 6.07) is 0. The smallest absolute Gasteiger partial charge is 0.0507 e. The molecule has 0 saturated carbocycles. The molecular weight excluding hydrogens is 186 g/mol. The van der Waals surface area contributed by atoms with Crippen molar-refractivity contribution in [3.63, 3.8) is 0 Å². The number of nitrogens with one attached hydrogen (secondary N) is 1. The Morgan fingerprint density at radius 3 is 2.33 bits per heavy atom. The molecule has 1 saturated heterocycles. The summed E-state index contributed by atoms with van der Waals surface area (Å²) in [5.41, 5.74) is 0.628. The lowest BCUT2D eigenvalue weighted by Crippen LogP contribution is -2.44. The highest BCUT2D eigenvalue weighted by molar-refractivity contribution is 4.84. The van der Waals surface area contributed by atoms with Crippen LogP contribution in [0.3, 0.4) is 0 Å². The minimum atomic E-state index is 0.237. The van der Waals surface area contributed by atoms with Gasteiger partial charge < -0.3 is 10.1 Å². The van der Waals surface area contributed by atoms with Gasteiger partial charge >= 0.3 is 0 Å². The van der Waals surface area contributed by atoms with E-state index in [0.29, 0.717) is 5.41 Å². The SMILES string of the molecule is CC(C)(C)CC(C)(C)NCC1CCOC1. The molecular formula is C13H27NO. The Labute approximate surface area is 94.8 Å². The molecule has 90 valence electrons. The van der Waals surface area contributed by atoms with Crippen molar-refractivity contribution in [1.29, 1.82) is 0 Å². The van der Waals surface area contributed by atoms with Gasteiger partial charge in [0.25, 0.3) is 0 Å². The molecule has 0 aromatic carbocycles. The van der Waals surface area contributed by atoms with Crippen LogP contribution in [0.5, 0.6) is 0 Å². The lowest BCUT2D eigenvalue weighted by molar-refractivity contribution is 0.179. The largest absolute Gasteiger partial charge is 0.381 e. The topological polar surface area (TPSA) is 21.3 Å². The molecule has 1 N–H and O–H groups in total. The molecule has 0 amide bonds. The Balaban J connectivity index is 2.28. The van der Waals surface area contributed by atoms with Crippen LogP contribution in [0.2, 0.25) is 0 Å².